The molecule has 0 heterocycles. The summed E-state index contributed by atoms with van der Waals surface area (Å²) in [4.78, 5) is 0. The van der Waals surface area contributed by atoms with Gasteiger partial charge >= 0.3 is 0 Å². The zero-order chi connectivity index (χ0) is 12.0. The molecule has 0 amide bonds. The maximum Gasteiger partial charge on any atom is 0.149 e. The van der Waals surface area contributed by atoms with E-state index in [-0.39, 0.29) is 0 Å². The standard InChI is InChI=1S/C13H14BrF2N/c14-9-5-12(11(16)6-10(9)15)17-13(7-1-2-7)8-3-4-8/h5-8,13,17H,1-4H2. The fraction of sp³-hybridized carbons (Fsp3) is 0.538. The Balaban J connectivity index is 1.81. The molecule has 0 bridgehead atoms. The van der Waals surface area contributed by atoms with Gasteiger partial charge in [-0.15, -0.1) is 0 Å². The fourth-order valence-corrected chi connectivity index (χ4v) is 2.69. The molecule has 1 aromatic carbocycles. The van der Waals surface area contributed by atoms with Crippen molar-refractivity contribution >= 4 is 21.6 Å². The number of benzene rings is 1. The molecule has 2 aliphatic rings. The van der Waals surface area contributed by atoms with Crippen LogP contribution in [0.5, 0.6) is 0 Å². The van der Waals surface area contributed by atoms with Crippen molar-refractivity contribution in [3.8, 4) is 0 Å². The first kappa shape index (κ1) is 11.5. The molecule has 1 nitrogen and oxygen atoms in total. The molecule has 1 N–H and O–H groups in total. The molecule has 0 radical (unpaired) electrons. The third kappa shape index (κ3) is 2.46. The number of anilines is 1. The fourth-order valence-electron chi connectivity index (χ4n) is 2.34. The first-order valence-corrected chi connectivity index (χ1v) is 6.85. The maximum atomic E-state index is 13.6. The Morgan fingerprint density at radius 2 is 1.65 bits per heavy atom. The van der Waals surface area contributed by atoms with Gasteiger partial charge in [-0.2, -0.15) is 0 Å². The summed E-state index contributed by atoms with van der Waals surface area (Å²) in [6.45, 7) is 0. The van der Waals surface area contributed by atoms with Gasteiger partial charge in [-0.3, -0.25) is 0 Å². The highest BCUT2D eigenvalue weighted by molar-refractivity contribution is 9.10. The van der Waals surface area contributed by atoms with E-state index >= 15 is 0 Å². The lowest BCUT2D eigenvalue weighted by molar-refractivity contribution is 0.550. The lowest BCUT2D eigenvalue weighted by Crippen LogP contribution is -2.24. The van der Waals surface area contributed by atoms with Crippen molar-refractivity contribution < 1.29 is 8.78 Å². The van der Waals surface area contributed by atoms with Gasteiger partial charge < -0.3 is 5.32 Å². The van der Waals surface area contributed by atoms with Crippen molar-refractivity contribution in [1.82, 2.24) is 0 Å². The Morgan fingerprint density at radius 1 is 1.06 bits per heavy atom. The van der Waals surface area contributed by atoms with Crippen molar-refractivity contribution in [2.45, 2.75) is 31.7 Å². The Hall–Kier alpha value is -0.640. The smallest absolute Gasteiger partial charge is 0.149 e. The summed E-state index contributed by atoms with van der Waals surface area (Å²) in [5, 5.41) is 3.27. The second-order valence-electron chi connectivity index (χ2n) is 5.09. The molecule has 92 valence electrons. The van der Waals surface area contributed by atoms with Gasteiger partial charge in [-0.1, -0.05) is 0 Å². The molecule has 0 atom stereocenters. The Kier molecular flexibility index (Phi) is 2.85. The van der Waals surface area contributed by atoms with Crippen LogP contribution >= 0.6 is 15.9 Å². The van der Waals surface area contributed by atoms with Crippen LogP contribution in [0.1, 0.15) is 25.7 Å². The van der Waals surface area contributed by atoms with Crippen molar-refractivity contribution in [1.29, 1.82) is 0 Å². The normalized spacial score (nSPS) is 19.8. The lowest BCUT2D eigenvalue weighted by Gasteiger charge is -2.19. The highest BCUT2D eigenvalue weighted by Crippen LogP contribution is 2.46. The summed E-state index contributed by atoms with van der Waals surface area (Å²) in [6, 6.07) is 2.81. The second-order valence-corrected chi connectivity index (χ2v) is 5.95. The van der Waals surface area contributed by atoms with Crippen LogP contribution in [0.15, 0.2) is 16.6 Å². The van der Waals surface area contributed by atoms with Crippen molar-refractivity contribution in [2.24, 2.45) is 11.8 Å². The van der Waals surface area contributed by atoms with Crippen molar-refractivity contribution in [3.63, 3.8) is 0 Å². The molecule has 17 heavy (non-hydrogen) atoms. The van der Waals surface area contributed by atoms with Crippen LogP contribution in [0.25, 0.3) is 0 Å². The third-order valence-electron chi connectivity index (χ3n) is 3.59. The summed E-state index contributed by atoms with van der Waals surface area (Å²) in [5.74, 6) is 0.316. The topological polar surface area (TPSA) is 12.0 Å². The van der Waals surface area contributed by atoms with Crippen LogP contribution in [-0.4, -0.2) is 6.04 Å². The molecule has 4 heteroatoms. The summed E-state index contributed by atoms with van der Waals surface area (Å²) in [6.07, 6.45) is 4.94. The Morgan fingerprint density at radius 3 is 2.18 bits per heavy atom. The number of rotatable bonds is 4. The van der Waals surface area contributed by atoms with E-state index in [9.17, 15) is 8.78 Å². The molecular weight excluding hydrogens is 288 g/mol. The van der Waals surface area contributed by atoms with Gasteiger partial charge in [0.2, 0.25) is 0 Å². The summed E-state index contributed by atoms with van der Waals surface area (Å²) < 4.78 is 27.1. The Bertz CT molecular complexity index is 429. The molecule has 0 saturated heterocycles. The van der Waals surface area contributed by atoms with E-state index in [1.807, 2.05) is 0 Å². The molecule has 0 aromatic heterocycles. The summed E-state index contributed by atoms with van der Waals surface area (Å²) >= 11 is 3.09. The molecule has 2 aliphatic carbocycles. The third-order valence-corrected chi connectivity index (χ3v) is 4.20. The molecule has 2 fully saturated rings. The first-order valence-electron chi connectivity index (χ1n) is 6.06. The molecule has 0 unspecified atom stereocenters. The first-order chi connectivity index (χ1) is 8.15. The van der Waals surface area contributed by atoms with Gasteiger partial charge in [0.25, 0.3) is 0 Å². The summed E-state index contributed by atoms with van der Waals surface area (Å²) in [7, 11) is 0. The number of halogens is 3. The van der Waals surface area contributed by atoms with Crippen LogP contribution in [-0.2, 0) is 0 Å². The van der Waals surface area contributed by atoms with E-state index in [0.717, 1.165) is 6.07 Å². The van der Waals surface area contributed by atoms with E-state index in [4.69, 9.17) is 0 Å². The minimum Gasteiger partial charge on any atom is -0.379 e. The molecule has 0 spiro atoms. The molecule has 2 saturated carbocycles. The number of hydrogen-bond donors (Lipinski definition) is 1. The van der Waals surface area contributed by atoms with E-state index in [1.54, 1.807) is 0 Å². The minimum absolute atomic E-state index is 0.312. The molecular formula is C13H14BrF2N. The quantitative estimate of drug-likeness (QED) is 0.816. The molecule has 0 aliphatic heterocycles. The van der Waals surface area contributed by atoms with E-state index in [0.29, 0.717) is 28.0 Å². The van der Waals surface area contributed by atoms with Crippen LogP contribution in [0, 0.1) is 23.5 Å². The van der Waals surface area contributed by atoms with Gasteiger partial charge in [-0.25, -0.2) is 8.78 Å². The van der Waals surface area contributed by atoms with E-state index < -0.39 is 11.6 Å². The van der Waals surface area contributed by atoms with E-state index in [1.165, 1.54) is 31.7 Å². The van der Waals surface area contributed by atoms with Crippen LogP contribution in [0.4, 0.5) is 14.5 Å². The van der Waals surface area contributed by atoms with Crippen molar-refractivity contribution in [2.75, 3.05) is 5.32 Å². The average Bonchev–Trinajstić information content (AvgIpc) is 3.15. The monoisotopic (exact) mass is 301 g/mol. The number of nitrogens with one attached hydrogen (secondary N) is 1. The highest BCUT2D eigenvalue weighted by Gasteiger charge is 2.41. The molecule has 3 rings (SSSR count). The van der Waals surface area contributed by atoms with Gasteiger partial charge in [0.05, 0.1) is 10.2 Å². The predicted molar refractivity (Wildman–Crippen MR) is 66.9 cm³/mol. The SMILES string of the molecule is Fc1cc(F)c(NC(C2CC2)C2CC2)cc1Br. The molecule has 1 aromatic rings. The largest absolute Gasteiger partial charge is 0.379 e. The van der Waals surface area contributed by atoms with Gasteiger partial charge in [0.1, 0.15) is 11.6 Å². The Labute approximate surface area is 108 Å². The van der Waals surface area contributed by atoms with Crippen LogP contribution in [0.3, 0.4) is 0 Å². The zero-order valence-corrected chi connectivity index (χ0v) is 10.9. The predicted octanol–water partition coefficient (Wildman–Crippen LogP) is 4.33. The lowest BCUT2D eigenvalue weighted by atomic mass is 10.1. The minimum atomic E-state index is -0.553. The number of hydrogen-bond acceptors (Lipinski definition) is 1. The highest BCUT2D eigenvalue weighted by atomic mass is 79.9. The average molecular weight is 302 g/mol. The van der Waals surface area contributed by atoms with E-state index in [2.05, 4.69) is 21.2 Å². The van der Waals surface area contributed by atoms with Gasteiger partial charge in [-0.05, 0) is 59.5 Å². The maximum absolute atomic E-state index is 13.6. The summed E-state index contributed by atoms with van der Waals surface area (Å²) in [5.41, 5.74) is 0.419. The second kappa shape index (κ2) is 4.23. The zero-order valence-electron chi connectivity index (χ0n) is 9.35. The van der Waals surface area contributed by atoms with Gasteiger partial charge in [0, 0.05) is 12.1 Å². The van der Waals surface area contributed by atoms with Gasteiger partial charge in [0.15, 0.2) is 0 Å². The van der Waals surface area contributed by atoms with Crippen molar-refractivity contribution in [3.05, 3.63) is 28.2 Å². The van der Waals surface area contributed by atoms with Crippen LogP contribution in [0.2, 0.25) is 0 Å². The van der Waals surface area contributed by atoms with Crippen LogP contribution < -0.4 is 5.32 Å².